The quantitative estimate of drug-likeness (QED) is 0.882. The van der Waals surface area contributed by atoms with Crippen LogP contribution in [0.2, 0.25) is 0 Å². The molecule has 1 aromatic carbocycles. The van der Waals surface area contributed by atoms with Crippen molar-refractivity contribution in [2.75, 3.05) is 26.2 Å². The van der Waals surface area contributed by atoms with E-state index in [2.05, 4.69) is 24.4 Å². The van der Waals surface area contributed by atoms with Crippen molar-refractivity contribution < 1.29 is 14.4 Å². The number of nitrogens with one attached hydrogen (secondary N) is 1. The average Bonchev–Trinajstić information content (AvgIpc) is 3.07. The van der Waals surface area contributed by atoms with Crippen molar-refractivity contribution in [2.24, 2.45) is 0 Å². The van der Waals surface area contributed by atoms with Crippen LogP contribution in [-0.4, -0.2) is 59.7 Å². The maximum atomic E-state index is 12.4. The number of benzene rings is 1. The molecule has 0 aliphatic carbocycles. The highest BCUT2D eigenvalue weighted by atomic mass is 16.2. The lowest BCUT2D eigenvalue weighted by Crippen LogP contribution is -2.54. The van der Waals surface area contributed by atoms with E-state index in [0.717, 1.165) is 6.42 Å². The molecule has 6 nitrogen and oxygen atoms in total. The largest absolute Gasteiger partial charge is 0.344 e. The Morgan fingerprint density at radius 3 is 2.44 bits per heavy atom. The number of amides is 3. The Hall–Kier alpha value is -2.37. The first kappa shape index (κ1) is 17.5. The fraction of sp³-hybridized carbons (Fsp3) is 0.526. The zero-order valence-corrected chi connectivity index (χ0v) is 14.7. The Kier molecular flexibility index (Phi) is 5.36. The summed E-state index contributed by atoms with van der Waals surface area (Å²) >= 11 is 0. The summed E-state index contributed by atoms with van der Waals surface area (Å²) in [5, 5.41) is 2.72. The maximum absolute atomic E-state index is 12.4. The molecule has 1 aromatic rings. The molecule has 0 saturated carbocycles. The molecule has 6 heteroatoms. The van der Waals surface area contributed by atoms with Gasteiger partial charge in [-0.3, -0.25) is 14.4 Å². The van der Waals surface area contributed by atoms with Gasteiger partial charge in [-0.2, -0.15) is 0 Å². The Balaban J connectivity index is 1.45. The van der Waals surface area contributed by atoms with E-state index in [1.807, 2.05) is 17.0 Å². The molecule has 25 heavy (non-hydrogen) atoms. The molecule has 0 spiro atoms. The molecule has 2 saturated heterocycles. The predicted molar refractivity (Wildman–Crippen MR) is 93.8 cm³/mol. The summed E-state index contributed by atoms with van der Waals surface area (Å²) in [6.45, 7) is 4.28. The molecule has 1 N–H and O–H groups in total. The molecule has 3 rings (SSSR count). The third-order valence-electron chi connectivity index (χ3n) is 5.11. The molecular formula is C19H25N3O3. The summed E-state index contributed by atoms with van der Waals surface area (Å²) in [6.07, 6.45) is 2.25. The second-order valence-corrected chi connectivity index (χ2v) is 6.79. The highest BCUT2D eigenvalue weighted by Gasteiger charge is 2.32. The summed E-state index contributed by atoms with van der Waals surface area (Å²) < 4.78 is 0. The topological polar surface area (TPSA) is 69.7 Å². The van der Waals surface area contributed by atoms with Crippen LogP contribution in [0, 0.1) is 6.92 Å². The molecule has 2 fully saturated rings. The van der Waals surface area contributed by atoms with Gasteiger partial charge in [-0.05, 0) is 30.9 Å². The Morgan fingerprint density at radius 1 is 1.12 bits per heavy atom. The molecule has 2 aliphatic heterocycles. The van der Waals surface area contributed by atoms with Gasteiger partial charge < -0.3 is 15.1 Å². The first-order valence-electron chi connectivity index (χ1n) is 8.95. The van der Waals surface area contributed by atoms with Gasteiger partial charge in [0.25, 0.3) is 0 Å². The third-order valence-corrected chi connectivity index (χ3v) is 5.11. The molecule has 0 bridgehead atoms. The third kappa shape index (κ3) is 4.18. The maximum Gasteiger partial charge on any atom is 0.245 e. The molecule has 1 unspecified atom stereocenters. The Morgan fingerprint density at radius 2 is 1.80 bits per heavy atom. The van der Waals surface area contributed by atoms with Crippen LogP contribution < -0.4 is 5.32 Å². The standard InChI is InChI=1S/C19H25N3O3/c1-14-4-2-3-5-15(14)6-9-18(24)21-10-12-22(13-11-21)19(25)16-7-8-17(23)20-16/h2-5,16H,6-13H2,1H3,(H,20,23). The first-order valence-corrected chi connectivity index (χ1v) is 8.95. The lowest BCUT2D eigenvalue weighted by atomic mass is 10.0. The van der Waals surface area contributed by atoms with E-state index in [4.69, 9.17) is 0 Å². The van der Waals surface area contributed by atoms with Crippen LogP contribution >= 0.6 is 0 Å². The van der Waals surface area contributed by atoms with Gasteiger partial charge in [0.1, 0.15) is 6.04 Å². The average molecular weight is 343 g/mol. The highest BCUT2D eigenvalue weighted by Crippen LogP contribution is 2.14. The Labute approximate surface area is 148 Å². The van der Waals surface area contributed by atoms with Gasteiger partial charge in [0.05, 0.1) is 0 Å². The van der Waals surface area contributed by atoms with Crippen LogP contribution in [0.3, 0.4) is 0 Å². The normalized spacial score (nSPS) is 20.5. The first-order chi connectivity index (χ1) is 12.0. The van der Waals surface area contributed by atoms with E-state index in [9.17, 15) is 14.4 Å². The van der Waals surface area contributed by atoms with Crippen molar-refractivity contribution in [3.8, 4) is 0 Å². The summed E-state index contributed by atoms with van der Waals surface area (Å²) in [5.41, 5.74) is 2.42. The summed E-state index contributed by atoms with van der Waals surface area (Å²) in [5.74, 6) is 0.0748. The van der Waals surface area contributed by atoms with Crippen molar-refractivity contribution >= 4 is 17.7 Å². The van der Waals surface area contributed by atoms with Gasteiger partial charge in [0.15, 0.2) is 0 Å². The summed E-state index contributed by atoms with van der Waals surface area (Å²) in [4.78, 5) is 39.7. The molecule has 2 heterocycles. The fourth-order valence-corrected chi connectivity index (χ4v) is 3.49. The van der Waals surface area contributed by atoms with E-state index in [1.54, 1.807) is 4.90 Å². The van der Waals surface area contributed by atoms with E-state index in [-0.39, 0.29) is 23.8 Å². The van der Waals surface area contributed by atoms with Crippen molar-refractivity contribution in [3.63, 3.8) is 0 Å². The molecule has 3 amide bonds. The minimum Gasteiger partial charge on any atom is -0.344 e. The number of carbonyl (C=O) groups is 3. The molecular weight excluding hydrogens is 318 g/mol. The van der Waals surface area contributed by atoms with Gasteiger partial charge in [-0.15, -0.1) is 0 Å². The van der Waals surface area contributed by atoms with Crippen molar-refractivity contribution in [3.05, 3.63) is 35.4 Å². The van der Waals surface area contributed by atoms with Crippen LogP contribution in [-0.2, 0) is 20.8 Å². The second-order valence-electron chi connectivity index (χ2n) is 6.79. The number of hydrogen-bond acceptors (Lipinski definition) is 3. The number of rotatable bonds is 4. The number of aryl methyl sites for hydroxylation is 2. The molecule has 2 aliphatic rings. The van der Waals surface area contributed by atoms with Gasteiger partial charge in [0.2, 0.25) is 17.7 Å². The molecule has 1 atom stereocenters. The molecule has 0 aromatic heterocycles. The zero-order valence-electron chi connectivity index (χ0n) is 14.7. The van der Waals surface area contributed by atoms with E-state index < -0.39 is 0 Å². The van der Waals surface area contributed by atoms with Crippen molar-refractivity contribution in [1.82, 2.24) is 15.1 Å². The van der Waals surface area contributed by atoms with Crippen LogP contribution in [0.1, 0.15) is 30.4 Å². The number of nitrogens with zero attached hydrogens (tertiary/aromatic N) is 2. The van der Waals surface area contributed by atoms with Crippen LogP contribution in [0.4, 0.5) is 0 Å². The summed E-state index contributed by atoms with van der Waals surface area (Å²) in [6, 6.07) is 7.75. The summed E-state index contributed by atoms with van der Waals surface area (Å²) in [7, 11) is 0. The lowest BCUT2D eigenvalue weighted by molar-refractivity contribution is -0.140. The molecule has 134 valence electrons. The minimum absolute atomic E-state index is 0.0159. The lowest BCUT2D eigenvalue weighted by Gasteiger charge is -2.36. The van der Waals surface area contributed by atoms with Gasteiger partial charge in [0, 0.05) is 39.0 Å². The van der Waals surface area contributed by atoms with E-state index in [1.165, 1.54) is 11.1 Å². The number of carbonyl (C=O) groups excluding carboxylic acids is 3. The molecule has 0 radical (unpaired) electrons. The minimum atomic E-state index is -0.379. The number of hydrogen-bond donors (Lipinski definition) is 1. The van der Waals surface area contributed by atoms with Crippen molar-refractivity contribution in [2.45, 2.75) is 38.6 Å². The zero-order chi connectivity index (χ0) is 17.8. The van der Waals surface area contributed by atoms with E-state index in [0.29, 0.717) is 45.4 Å². The Bertz CT molecular complexity index is 666. The number of piperazine rings is 1. The monoisotopic (exact) mass is 343 g/mol. The van der Waals surface area contributed by atoms with Crippen LogP contribution in [0.5, 0.6) is 0 Å². The van der Waals surface area contributed by atoms with Gasteiger partial charge in [-0.1, -0.05) is 24.3 Å². The fourth-order valence-electron chi connectivity index (χ4n) is 3.49. The van der Waals surface area contributed by atoms with Gasteiger partial charge >= 0.3 is 0 Å². The van der Waals surface area contributed by atoms with Crippen LogP contribution in [0.15, 0.2) is 24.3 Å². The SMILES string of the molecule is Cc1ccccc1CCC(=O)N1CCN(C(=O)C2CCC(=O)N2)CC1. The highest BCUT2D eigenvalue weighted by molar-refractivity contribution is 5.91. The predicted octanol–water partition coefficient (Wildman–Crippen LogP) is 0.877. The van der Waals surface area contributed by atoms with Gasteiger partial charge in [-0.25, -0.2) is 0 Å². The van der Waals surface area contributed by atoms with Crippen LogP contribution in [0.25, 0.3) is 0 Å². The van der Waals surface area contributed by atoms with Crippen molar-refractivity contribution in [1.29, 1.82) is 0 Å². The van der Waals surface area contributed by atoms with E-state index >= 15 is 0 Å². The smallest absolute Gasteiger partial charge is 0.245 e. The second kappa shape index (κ2) is 7.68.